The van der Waals surface area contributed by atoms with Crippen molar-refractivity contribution in [2.24, 2.45) is 0 Å². The molecule has 7 heteroatoms. The third-order valence-electron chi connectivity index (χ3n) is 3.69. The summed E-state index contributed by atoms with van der Waals surface area (Å²) in [6.07, 6.45) is 1.62. The highest BCUT2D eigenvalue weighted by atomic mass is 32.2. The summed E-state index contributed by atoms with van der Waals surface area (Å²) in [6, 6.07) is 13.6. The van der Waals surface area contributed by atoms with Gasteiger partial charge in [0.25, 0.3) is 0 Å². The molecule has 1 amide bonds. The summed E-state index contributed by atoms with van der Waals surface area (Å²) in [5.41, 5.74) is 3.92. The van der Waals surface area contributed by atoms with E-state index in [0.717, 1.165) is 28.3 Å². The molecule has 1 N–H and O–H groups in total. The first-order valence-electron chi connectivity index (χ1n) is 8.10. The van der Waals surface area contributed by atoms with Crippen molar-refractivity contribution in [2.75, 3.05) is 18.2 Å². The highest BCUT2D eigenvalue weighted by Gasteiger charge is 2.11. The third kappa shape index (κ3) is 4.43. The van der Waals surface area contributed by atoms with Crippen molar-refractivity contribution in [3.05, 3.63) is 59.9 Å². The summed E-state index contributed by atoms with van der Waals surface area (Å²) < 4.78 is 7.08. The van der Waals surface area contributed by atoms with E-state index in [9.17, 15) is 4.79 Å². The molecule has 0 aliphatic rings. The largest absolute Gasteiger partial charge is 0.497 e. The van der Waals surface area contributed by atoms with Gasteiger partial charge in [-0.05, 0) is 49.2 Å². The van der Waals surface area contributed by atoms with E-state index in [-0.39, 0.29) is 11.7 Å². The second-order valence-corrected chi connectivity index (χ2v) is 6.84. The Labute approximate surface area is 156 Å². The predicted octanol–water partition coefficient (Wildman–Crippen LogP) is 3.62. The van der Waals surface area contributed by atoms with Gasteiger partial charge in [0.15, 0.2) is 5.16 Å². The highest BCUT2D eigenvalue weighted by Crippen LogP contribution is 2.23. The van der Waals surface area contributed by atoms with Crippen LogP contribution in [-0.2, 0) is 4.79 Å². The SMILES string of the molecule is COc1cccc(-n2cnnc2SCC(=O)Nc2cc(C)cc(C)c2)c1. The zero-order chi connectivity index (χ0) is 18.5. The minimum atomic E-state index is -0.0832. The lowest BCUT2D eigenvalue weighted by molar-refractivity contribution is -0.113. The summed E-state index contributed by atoms with van der Waals surface area (Å²) >= 11 is 1.33. The number of nitrogens with one attached hydrogen (secondary N) is 1. The Morgan fingerprint density at radius 1 is 1.19 bits per heavy atom. The number of aromatic nitrogens is 3. The number of hydrogen-bond acceptors (Lipinski definition) is 5. The van der Waals surface area contributed by atoms with Crippen molar-refractivity contribution >= 4 is 23.4 Å². The number of rotatable bonds is 6. The quantitative estimate of drug-likeness (QED) is 0.673. The van der Waals surface area contributed by atoms with Crippen LogP contribution in [0.15, 0.2) is 53.9 Å². The first kappa shape index (κ1) is 18.0. The summed E-state index contributed by atoms with van der Waals surface area (Å²) in [7, 11) is 1.62. The summed E-state index contributed by atoms with van der Waals surface area (Å²) in [5, 5.41) is 11.6. The molecular weight excluding hydrogens is 348 g/mol. The van der Waals surface area contributed by atoms with Gasteiger partial charge in [0.1, 0.15) is 12.1 Å². The third-order valence-corrected chi connectivity index (χ3v) is 4.63. The first-order chi connectivity index (χ1) is 12.5. The average molecular weight is 368 g/mol. The van der Waals surface area contributed by atoms with E-state index >= 15 is 0 Å². The molecule has 0 aliphatic carbocycles. The van der Waals surface area contributed by atoms with Crippen molar-refractivity contribution in [1.29, 1.82) is 0 Å². The summed E-state index contributed by atoms with van der Waals surface area (Å²) in [6.45, 7) is 4.02. The van der Waals surface area contributed by atoms with Gasteiger partial charge in [-0.1, -0.05) is 23.9 Å². The van der Waals surface area contributed by atoms with E-state index in [1.54, 1.807) is 13.4 Å². The number of anilines is 1. The zero-order valence-corrected chi connectivity index (χ0v) is 15.7. The topological polar surface area (TPSA) is 69.0 Å². The fraction of sp³-hybridized carbons (Fsp3) is 0.211. The lowest BCUT2D eigenvalue weighted by Crippen LogP contribution is -2.14. The number of carbonyl (C=O) groups excluding carboxylic acids is 1. The molecule has 2 aromatic carbocycles. The minimum Gasteiger partial charge on any atom is -0.497 e. The standard InChI is InChI=1S/C19H20N4O2S/c1-13-7-14(2)9-15(8-13)21-18(24)11-26-19-22-20-12-23(19)16-5-4-6-17(10-16)25-3/h4-10,12H,11H2,1-3H3,(H,21,24). The van der Waals surface area contributed by atoms with Crippen molar-refractivity contribution in [1.82, 2.24) is 14.8 Å². The molecule has 0 saturated carbocycles. The van der Waals surface area contributed by atoms with E-state index in [1.807, 2.05) is 54.8 Å². The van der Waals surface area contributed by atoms with Gasteiger partial charge in [-0.25, -0.2) is 0 Å². The monoisotopic (exact) mass is 368 g/mol. The zero-order valence-electron chi connectivity index (χ0n) is 14.9. The molecule has 0 saturated heterocycles. The number of nitrogens with zero attached hydrogens (tertiary/aromatic N) is 3. The highest BCUT2D eigenvalue weighted by molar-refractivity contribution is 7.99. The van der Waals surface area contributed by atoms with Crippen molar-refractivity contribution in [3.8, 4) is 11.4 Å². The van der Waals surface area contributed by atoms with Crippen LogP contribution in [0.25, 0.3) is 5.69 Å². The van der Waals surface area contributed by atoms with Crippen LogP contribution in [0.1, 0.15) is 11.1 Å². The van der Waals surface area contributed by atoms with Crippen molar-refractivity contribution < 1.29 is 9.53 Å². The van der Waals surface area contributed by atoms with E-state index in [0.29, 0.717) is 5.16 Å². The smallest absolute Gasteiger partial charge is 0.234 e. The Morgan fingerprint density at radius 2 is 1.96 bits per heavy atom. The Morgan fingerprint density at radius 3 is 2.69 bits per heavy atom. The number of benzene rings is 2. The summed E-state index contributed by atoms with van der Waals surface area (Å²) in [4.78, 5) is 12.3. The number of carbonyl (C=O) groups is 1. The van der Waals surface area contributed by atoms with Crippen LogP contribution in [-0.4, -0.2) is 33.5 Å². The van der Waals surface area contributed by atoms with Gasteiger partial charge in [-0.3, -0.25) is 9.36 Å². The van der Waals surface area contributed by atoms with Crippen LogP contribution >= 0.6 is 11.8 Å². The van der Waals surface area contributed by atoms with Gasteiger partial charge in [-0.15, -0.1) is 10.2 Å². The molecular formula is C19H20N4O2S. The van der Waals surface area contributed by atoms with Crippen LogP contribution in [0.5, 0.6) is 5.75 Å². The van der Waals surface area contributed by atoms with E-state index < -0.39 is 0 Å². The van der Waals surface area contributed by atoms with Gasteiger partial charge in [0, 0.05) is 11.8 Å². The molecule has 0 aliphatic heterocycles. The number of aryl methyl sites for hydroxylation is 2. The molecule has 0 fully saturated rings. The maximum Gasteiger partial charge on any atom is 0.234 e. The van der Waals surface area contributed by atoms with Gasteiger partial charge in [0.05, 0.1) is 18.6 Å². The Kier molecular flexibility index (Phi) is 5.58. The number of ether oxygens (including phenoxy) is 1. The molecule has 0 radical (unpaired) electrons. The van der Waals surface area contributed by atoms with Gasteiger partial charge in [-0.2, -0.15) is 0 Å². The number of thioether (sulfide) groups is 1. The molecule has 0 atom stereocenters. The minimum absolute atomic E-state index is 0.0832. The lowest BCUT2D eigenvalue weighted by atomic mass is 10.1. The maximum atomic E-state index is 12.3. The lowest BCUT2D eigenvalue weighted by Gasteiger charge is -2.09. The van der Waals surface area contributed by atoms with Crippen LogP contribution in [0.3, 0.4) is 0 Å². The van der Waals surface area contributed by atoms with Gasteiger partial charge in [0.2, 0.25) is 5.91 Å². The first-order valence-corrected chi connectivity index (χ1v) is 9.09. The molecule has 1 aromatic heterocycles. The maximum absolute atomic E-state index is 12.3. The predicted molar refractivity (Wildman–Crippen MR) is 103 cm³/mol. The Hall–Kier alpha value is -2.80. The molecule has 1 heterocycles. The van der Waals surface area contributed by atoms with E-state index in [2.05, 4.69) is 21.6 Å². The second-order valence-electron chi connectivity index (χ2n) is 5.90. The van der Waals surface area contributed by atoms with Crippen LogP contribution in [0, 0.1) is 13.8 Å². The molecule has 0 unspecified atom stereocenters. The van der Waals surface area contributed by atoms with Gasteiger partial charge >= 0.3 is 0 Å². The Bertz CT molecular complexity index is 903. The molecule has 3 rings (SSSR count). The van der Waals surface area contributed by atoms with Gasteiger partial charge < -0.3 is 10.1 Å². The fourth-order valence-corrected chi connectivity index (χ4v) is 3.36. The van der Waals surface area contributed by atoms with Crippen LogP contribution in [0.2, 0.25) is 0 Å². The average Bonchev–Trinajstić information content (AvgIpc) is 3.07. The number of amides is 1. The Balaban J connectivity index is 1.67. The number of methoxy groups -OCH3 is 1. The molecule has 6 nitrogen and oxygen atoms in total. The fourth-order valence-electron chi connectivity index (χ4n) is 2.63. The second kappa shape index (κ2) is 8.05. The molecule has 26 heavy (non-hydrogen) atoms. The molecule has 3 aromatic rings. The molecule has 0 bridgehead atoms. The number of hydrogen-bond donors (Lipinski definition) is 1. The van der Waals surface area contributed by atoms with Crippen LogP contribution in [0.4, 0.5) is 5.69 Å². The van der Waals surface area contributed by atoms with E-state index in [1.165, 1.54) is 11.8 Å². The van der Waals surface area contributed by atoms with Crippen LogP contribution < -0.4 is 10.1 Å². The molecule has 0 spiro atoms. The van der Waals surface area contributed by atoms with E-state index in [4.69, 9.17) is 4.74 Å². The summed E-state index contributed by atoms with van der Waals surface area (Å²) in [5.74, 6) is 0.912. The van der Waals surface area contributed by atoms with Crippen molar-refractivity contribution in [3.63, 3.8) is 0 Å². The van der Waals surface area contributed by atoms with Crippen molar-refractivity contribution in [2.45, 2.75) is 19.0 Å². The molecule has 134 valence electrons. The normalized spacial score (nSPS) is 10.6.